The number of hydrogen-bond acceptors (Lipinski definition) is 3. The van der Waals surface area contributed by atoms with Crippen LogP contribution in [0.15, 0.2) is 67.0 Å². The maximum atomic E-state index is 6.36. The normalized spacial score (nSPS) is 18.2. The highest BCUT2D eigenvalue weighted by atomic mass is 16.7. The minimum atomic E-state index is -0.422. The molecule has 1 saturated heterocycles. The van der Waals surface area contributed by atoms with E-state index in [1.807, 2.05) is 18.5 Å². The fourth-order valence-corrected chi connectivity index (χ4v) is 3.94. The predicted octanol–water partition coefficient (Wildman–Crippen LogP) is 4.48. The summed E-state index contributed by atoms with van der Waals surface area (Å²) in [7, 11) is -0.422. The van der Waals surface area contributed by atoms with Crippen LogP contribution < -0.4 is 5.46 Å². The zero-order chi connectivity index (χ0) is 19.5. The molecule has 5 rings (SSSR count). The van der Waals surface area contributed by atoms with Crippen LogP contribution in [0.25, 0.3) is 27.5 Å². The molecular formula is C23H23BN2O2. The minimum Gasteiger partial charge on any atom is -0.399 e. The van der Waals surface area contributed by atoms with Crippen molar-refractivity contribution in [3.63, 3.8) is 0 Å². The lowest BCUT2D eigenvalue weighted by atomic mass is 9.77. The van der Waals surface area contributed by atoms with E-state index in [2.05, 4.69) is 85.8 Å². The van der Waals surface area contributed by atoms with Crippen molar-refractivity contribution < 1.29 is 9.31 Å². The Morgan fingerprint density at radius 2 is 1.43 bits per heavy atom. The van der Waals surface area contributed by atoms with Crippen molar-refractivity contribution in [2.75, 3.05) is 0 Å². The molecule has 140 valence electrons. The van der Waals surface area contributed by atoms with E-state index in [1.54, 1.807) is 0 Å². The van der Waals surface area contributed by atoms with Gasteiger partial charge in [0.05, 0.1) is 28.4 Å². The SMILES string of the molecule is CC1(C)OB(c2ccccc2-n2c3ccccc3c3ccncc32)OC1(C)C. The molecule has 0 radical (unpaired) electrons. The van der Waals surface area contributed by atoms with Crippen molar-refractivity contribution in [2.24, 2.45) is 0 Å². The van der Waals surface area contributed by atoms with Crippen LogP contribution in [-0.2, 0) is 9.31 Å². The standard InChI is InChI=1S/C23H23BN2O2/c1-22(2)23(3,4)28-24(27-22)18-10-6-8-12-20(18)26-19-11-7-5-9-16(19)17-13-14-25-15-21(17)26/h5-15H,1-4H3. The summed E-state index contributed by atoms with van der Waals surface area (Å²) in [4.78, 5) is 4.38. The van der Waals surface area contributed by atoms with Crippen LogP contribution in [0.2, 0.25) is 0 Å². The van der Waals surface area contributed by atoms with Gasteiger partial charge in [0.2, 0.25) is 0 Å². The minimum absolute atomic E-state index is 0.382. The van der Waals surface area contributed by atoms with Crippen molar-refractivity contribution in [2.45, 2.75) is 38.9 Å². The first-order valence-corrected chi connectivity index (χ1v) is 9.67. The van der Waals surface area contributed by atoms with Gasteiger partial charge in [-0.25, -0.2) is 0 Å². The first kappa shape index (κ1) is 17.5. The fraction of sp³-hybridized carbons (Fsp3) is 0.261. The van der Waals surface area contributed by atoms with Crippen molar-refractivity contribution in [3.8, 4) is 5.69 Å². The lowest BCUT2D eigenvalue weighted by Crippen LogP contribution is -2.41. The Balaban J connectivity index is 1.77. The van der Waals surface area contributed by atoms with Crippen LogP contribution in [0.3, 0.4) is 0 Å². The first-order valence-electron chi connectivity index (χ1n) is 9.67. The second-order valence-electron chi connectivity index (χ2n) is 8.39. The number of hydrogen-bond donors (Lipinski definition) is 0. The van der Waals surface area contributed by atoms with Gasteiger partial charge in [-0.1, -0.05) is 36.4 Å². The summed E-state index contributed by atoms with van der Waals surface area (Å²) < 4.78 is 15.0. The van der Waals surface area contributed by atoms with Gasteiger partial charge in [-0.05, 0) is 45.9 Å². The summed E-state index contributed by atoms with van der Waals surface area (Å²) in [5.41, 5.74) is 3.54. The third-order valence-electron chi connectivity index (χ3n) is 6.16. The number of nitrogens with zero attached hydrogens (tertiary/aromatic N) is 2. The summed E-state index contributed by atoms with van der Waals surface area (Å²) in [6.45, 7) is 8.33. The average Bonchev–Trinajstić information content (AvgIpc) is 3.12. The Hall–Kier alpha value is -2.63. The Labute approximate surface area is 165 Å². The van der Waals surface area contributed by atoms with E-state index in [-0.39, 0.29) is 11.2 Å². The van der Waals surface area contributed by atoms with Crippen molar-refractivity contribution in [1.29, 1.82) is 0 Å². The van der Waals surface area contributed by atoms with Gasteiger partial charge in [-0.15, -0.1) is 0 Å². The van der Waals surface area contributed by atoms with E-state index in [0.29, 0.717) is 0 Å². The molecule has 4 aromatic rings. The van der Waals surface area contributed by atoms with Gasteiger partial charge >= 0.3 is 7.12 Å². The molecule has 0 bridgehead atoms. The Morgan fingerprint density at radius 1 is 0.786 bits per heavy atom. The Bertz CT molecular complexity index is 1130. The summed E-state index contributed by atoms with van der Waals surface area (Å²) in [6, 6.07) is 18.8. The number of para-hydroxylation sites is 2. The molecule has 3 heterocycles. The third kappa shape index (κ3) is 2.43. The lowest BCUT2D eigenvalue weighted by molar-refractivity contribution is 0.00578. The van der Waals surface area contributed by atoms with Crippen LogP contribution in [0.1, 0.15) is 27.7 Å². The summed E-state index contributed by atoms with van der Waals surface area (Å²) >= 11 is 0. The molecule has 1 fully saturated rings. The van der Waals surface area contributed by atoms with Gasteiger partial charge in [0, 0.05) is 28.1 Å². The smallest absolute Gasteiger partial charge is 0.399 e. The molecular weight excluding hydrogens is 347 g/mol. The molecule has 28 heavy (non-hydrogen) atoms. The molecule has 1 aliphatic rings. The fourth-order valence-electron chi connectivity index (χ4n) is 3.94. The maximum Gasteiger partial charge on any atom is 0.496 e. The molecule has 4 nitrogen and oxygen atoms in total. The van der Waals surface area contributed by atoms with Gasteiger partial charge in [-0.3, -0.25) is 4.98 Å². The van der Waals surface area contributed by atoms with Crippen LogP contribution in [0.5, 0.6) is 0 Å². The lowest BCUT2D eigenvalue weighted by Gasteiger charge is -2.32. The molecule has 0 N–H and O–H groups in total. The summed E-state index contributed by atoms with van der Waals surface area (Å²) in [6.07, 6.45) is 3.77. The predicted molar refractivity (Wildman–Crippen MR) is 114 cm³/mol. The molecule has 0 saturated carbocycles. The second-order valence-corrected chi connectivity index (χ2v) is 8.39. The van der Waals surface area contributed by atoms with Gasteiger partial charge in [0.15, 0.2) is 0 Å². The van der Waals surface area contributed by atoms with Crippen LogP contribution in [-0.4, -0.2) is 27.9 Å². The van der Waals surface area contributed by atoms with Gasteiger partial charge in [-0.2, -0.15) is 0 Å². The summed E-state index contributed by atoms with van der Waals surface area (Å²) in [5, 5.41) is 2.40. The number of benzene rings is 2. The molecule has 0 atom stereocenters. The number of fused-ring (bicyclic) bond motifs is 3. The van der Waals surface area contributed by atoms with E-state index in [0.717, 1.165) is 22.2 Å². The van der Waals surface area contributed by atoms with Gasteiger partial charge in [0.1, 0.15) is 0 Å². The molecule has 0 unspecified atom stereocenters. The third-order valence-corrected chi connectivity index (χ3v) is 6.16. The molecule has 1 aliphatic heterocycles. The largest absolute Gasteiger partial charge is 0.496 e. The highest BCUT2D eigenvalue weighted by Crippen LogP contribution is 2.37. The molecule has 2 aromatic carbocycles. The monoisotopic (exact) mass is 370 g/mol. The highest BCUT2D eigenvalue weighted by Gasteiger charge is 2.52. The number of aromatic nitrogens is 2. The highest BCUT2D eigenvalue weighted by molar-refractivity contribution is 6.63. The quantitative estimate of drug-likeness (QED) is 0.488. The van der Waals surface area contributed by atoms with E-state index in [1.165, 1.54) is 10.8 Å². The van der Waals surface area contributed by atoms with Crippen LogP contribution >= 0.6 is 0 Å². The molecule has 0 spiro atoms. The van der Waals surface area contributed by atoms with Crippen molar-refractivity contribution in [1.82, 2.24) is 9.55 Å². The van der Waals surface area contributed by atoms with E-state index >= 15 is 0 Å². The Morgan fingerprint density at radius 3 is 2.21 bits per heavy atom. The van der Waals surface area contributed by atoms with Crippen LogP contribution in [0, 0.1) is 0 Å². The van der Waals surface area contributed by atoms with Crippen molar-refractivity contribution in [3.05, 3.63) is 67.0 Å². The van der Waals surface area contributed by atoms with E-state index in [4.69, 9.17) is 9.31 Å². The molecule has 5 heteroatoms. The zero-order valence-corrected chi connectivity index (χ0v) is 16.6. The zero-order valence-electron chi connectivity index (χ0n) is 16.6. The topological polar surface area (TPSA) is 36.3 Å². The van der Waals surface area contributed by atoms with Gasteiger partial charge < -0.3 is 13.9 Å². The summed E-state index contributed by atoms with van der Waals surface area (Å²) in [5.74, 6) is 0. The molecule has 0 aliphatic carbocycles. The van der Waals surface area contributed by atoms with E-state index < -0.39 is 7.12 Å². The van der Waals surface area contributed by atoms with Crippen molar-refractivity contribution >= 4 is 34.4 Å². The second kappa shape index (κ2) is 5.93. The average molecular weight is 370 g/mol. The number of rotatable bonds is 2. The molecule has 2 aromatic heterocycles. The number of pyridine rings is 1. The van der Waals surface area contributed by atoms with E-state index in [9.17, 15) is 0 Å². The molecule has 0 amide bonds. The Kier molecular flexibility index (Phi) is 3.70. The maximum absolute atomic E-state index is 6.36. The van der Waals surface area contributed by atoms with Crippen LogP contribution in [0.4, 0.5) is 0 Å². The first-order chi connectivity index (χ1) is 13.4. The van der Waals surface area contributed by atoms with Gasteiger partial charge in [0.25, 0.3) is 0 Å².